The summed E-state index contributed by atoms with van der Waals surface area (Å²) in [6, 6.07) is 5.98. The Morgan fingerprint density at radius 3 is 2.68 bits per heavy atom. The predicted molar refractivity (Wildman–Crippen MR) is 105 cm³/mol. The molecule has 25 heavy (non-hydrogen) atoms. The molecule has 1 aromatic carbocycles. The summed E-state index contributed by atoms with van der Waals surface area (Å²) < 4.78 is 11.9. The lowest BCUT2D eigenvalue weighted by Gasteiger charge is -2.41. The highest BCUT2D eigenvalue weighted by atomic mass is 79.9. The molecule has 7 heteroatoms. The van der Waals surface area contributed by atoms with Gasteiger partial charge < -0.3 is 20.1 Å². The molecule has 1 heterocycles. The quantitative estimate of drug-likeness (QED) is 0.554. The normalized spacial score (nSPS) is 16.6. The molecule has 0 spiro atoms. The van der Waals surface area contributed by atoms with E-state index in [1.165, 1.54) is 0 Å². The molecule has 2 N–H and O–H groups in total. The van der Waals surface area contributed by atoms with Crippen LogP contribution in [0.1, 0.15) is 19.4 Å². The van der Waals surface area contributed by atoms with E-state index in [0.29, 0.717) is 6.54 Å². The van der Waals surface area contributed by atoms with Gasteiger partial charge in [0.2, 0.25) is 0 Å². The number of morpholine rings is 1. The number of ether oxygens (including phenoxy) is 2. The van der Waals surface area contributed by atoms with Crippen molar-refractivity contribution in [3.05, 3.63) is 28.2 Å². The van der Waals surface area contributed by atoms with E-state index in [1.54, 1.807) is 14.2 Å². The van der Waals surface area contributed by atoms with Crippen molar-refractivity contribution < 1.29 is 9.47 Å². The molecule has 2 rings (SSSR count). The van der Waals surface area contributed by atoms with E-state index < -0.39 is 0 Å². The molecule has 0 unspecified atom stereocenters. The van der Waals surface area contributed by atoms with E-state index in [-0.39, 0.29) is 5.54 Å². The summed E-state index contributed by atoms with van der Waals surface area (Å²) in [6.45, 7) is 9.48. The molecule has 0 saturated carbocycles. The molecule has 1 saturated heterocycles. The maximum Gasteiger partial charge on any atom is 0.191 e. The Kier molecular flexibility index (Phi) is 7.53. The summed E-state index contributed by atoms with van der Waals surface area (Å²) >= 11 is 3.51. The average molecular weight is 413 g/mol. The van der Waals surface area contributed by atoms with Crippen LogP contribution in [-0.4, -0.2) is 63.4 Å². The SMILES string of the molecule is CN=C(NCc1cc(Br)ccc1OC)NCC(C)(C)N1CCOCC1. The monoisotopic (exact) mass is 412 g/mol. The molecular formula is C18H29BrN4O2. The number of rotatable bonds is 6. The van der Waals surface area contributed by atoms with Crippen molar-refractivity contribution in [2.75, 3.05) is 47.0 Å². The molecule has 0 aliphatic carbocycles. The van der Waals surface area contributed by atoms with Crippen molar-refractivity contribution in [1.82, 2.24) is 15.5 Å². The molecule has 1 aromatic rings. The standard InChI is InChI=1S/C18H29BrN4O2/c1-18(2,23-7-9-25-10-8-23)13-22-17(20-3)21-12-14-11-15(19)5-6-16(14)24-4/h5-6,11H,7-10,12-13H2,1-4H3,(H2,20,21,22). The van der Waals surface area contributed by atoms with Crippen LogP contribution in [0.5, 0.6) is 5.75 Å². The topological polar surface area (TPSA) is 58.1 Å². The smallest absolute Gasteiger partial charge is 0.191 e. The van der Waals surface area contributed by atoms with Gasteiger partial charge in [-0.15, -0.1) is 0 Å². The minimum Gasteiger partial charge on any atom is -0.496 e. The van der Waals surface area contributed by atoms with Gasteiger partial charge >= 0.3 is 0 Å². The van der Waals surface area contributed by atoms with Crippen LogP contribution in [0.3, 0.4) is 0 Å². The maximum atomic E-state index is 5.45. The van der Waals surface area contributed by atoms with Gasteiger partial charge in [-0.3, -0.25) is 9.89 Å². The van der Waals surface area contributed by atoms with Crippen LogP contribution in [0.2, 0.25) is 0 Å². The second-order valence-corrected chi connectivity index (χ2v) is 7.56. The van der Waals surface area contributed by atoms with Crippen LogP contribution in [-0.2, 0) is 11.3 Å². The van der Waals surface area contributed by atoms with Crippen LogP contribution in [0.4, 0.5) is 0 Å². The fraction of sp³-hybridized carbons (Fsp3) is 0.611. The van der Waals surface area contributed by atoms with Crippen molar-refractivity contribution in [2.24, 2.45) is 4.99 Å². The van der Waals surface area contributed by atoms with Gasteiger partial charge in [0.15, 0.2) is 5.96 Å². The van der Waals surface area contributed by atoms with Gasteiger partial charge in [-0.2, -0.15) is 0 Å². The molecule has 0 radical (unpaired) electrons. The molecule has 1 fully saturated rings. The van der Waals surface area contributed by atoms with Gasteiger partial charge in [0.1, 0.15) is 5.75 Å². The van der Waals surface area contributed by atoms with Crippen molar-refractivity contribution in [1.29, 1.82) is 0 Å². The summed E-state index contributed by atoms with van der Waals surface area (Å²) in [5.74, 6) is 1.64. The highest BCUT2D eigenvalue weighted by molar-refractivity contribution is 9.10. The van der Waals surface area contributed by atoms with Gasteiger partial charge in [0.05, 0.1) is 20.3 Å². The minimum absolute atomic E-state index is 0.0366. The Labute approximate surface area is 159 Å². The lowest BCUT2D eigenvalue weighted by molar-refractivity contribution is -0.00834. The summed E-state index contributed by atoms with van der Waals surface area (Å²) in [4.78, 5) is 6.78. The first kappa shape index (κ1) is 20.0. The molecular weight excluding hydrogens is 384 g/mol. The van der Waals surface area contributed by atoms with Gasteiger partial charge in [0.25, 0.3) is 0 Å². The molecule has 1 aliphatic rings. The Hall–Kier alpha value is -1.31. The summed E-state index contributed by atoms with van der Waals surface area (Å²) in [5.41, 5.74) is 1.11. The third kappa shape index (κ3) is 5.87. The molecule has 0 bridgehead atoms. The third-order valence-electron chi connectivity index (χ3n) is 4.47. The molecule has 0 atom stereocenters. The fourth-order valence-electron chi connectivity index (χ4n) is 2.87. The lowest BCUT2D eigenvalue weighted by Crippen LogP contribution is -2.56. The number of methoxy groups -OCH3 is 1. The van der Waals surface area contributed by atoms with Gasteiger partial charge in [-0.1, -0.05) is 15.9 Å². The Balaban J connectivity index is 1.89. The van der Waals surface area contributed by atoms with Crippen LogP contribution >= 0.6 is 15.9 Å². The number of benzene rings is 1. The number of nitrogens with one attached hydrogen (secondary N) is 2. The highest BCUT2D eigenvalue weighted by Gasteiger charge is 2.28. The zero-order chi connectivity index (χ0) is 18.3. The Morgan fingerprint density at radius 1 is 1.32 bits per heavy atom. The predicted octanol–water partition coefficient (Wildman–Crippen LogP) is 2.23. The van der Waals surface area contributed by atoms with Crippen LogP contribution in [0.15, 0.2) is 27.7 Å². The minimum atomic E-state index is 0.0366. The van der Waals surface area contributed by atoms with Crippen LogP contribution < -0.4 is 15.4 Å². The number of halogens is 1. The summed E-state index contributed by atoms with van der Waals surface area (Å²) in [5, 5.41) is 6.79. The fourth-order valence-corrected chi connectivity index (χ4v) is 3.27. The lowest BCUT2D eigenvalue weighted by atomic mass is 10.0. The van der Waals surface area contributed by atoms with Crippen molar-refractivity contribution in [3.63, 3.8) is 0 Å². The highest BCUT2D eigenvalue weighted by Crippen LogP contribution is 2.22. The summed E-state index contributed by atoms with van der Waals surface area (Å²) in [6.07, 6.45) is 0. The number of nitrogens with zero attached hydrogens (tertiary/aromatic N) is 2. The Morgan fingerprint density at radius 2 is 2.04 bits per heavy atom. The number of hydrogen-bond acceptors (Lipinski definition) is 4. The van der Waals surface area contributed by atoms with Gasteiger partial charge in [-0.25, -0.2) is 0 Å². The number of guanidine groups is 1. The van der Waals surface area contributed by atoms with E-state index in [4.69, 9.17) is 9.47 Å². The van der Waals surface area contributed by atoms with E-state index in [2.05, 4.69) is 56.4 Å². The second kappa shape index (κ2) is 9.40. The zero-order valence-corrected chi connectivity index (χ0v) is 17.1. The van der Waals surface area contributed by atoms with Crippen LogP contribution in [0.25, 0.3) is 0 Å². The van der Waals surface area contributed by atoms with Crippen LogP contribution in [0, 0.1) is 0 Å². The van der Waals surface area contributed by atoms with Crippen molar-refractivity contribution >= 4 is 21.9 Å². The largest absolute Gasteiger partial charge is 0.496 e. The van der Waals surface area contributed by atoms with Crippen molar-refractivity contribution in [3.8, 4) is 5.75 Å². The third-order valence-corrected chi connectivity index (χ3v) is 4.96. The molecule has 140 valence electrons. The second-order valence-electron chi connectivity index (χ2n) is 6.65. The summed E-state index contributed by atoms with van der Waals surface area (Å²) in [7, 11) is 3.47. The zero-order valence-electron chi connectivity index (χ0n) is 15.6. The average Bonchev–Trinajstić information content (AvgIpc) is 2.62. The first-order chi connectivity index (χ1) is 12.0. The number of hydrogen-bond donors (Lipinski definition) is 2. The molecule has 6 nitrogen and oxygen atoms in total. The van der Waals surface area contributed by atoms with E-state index >= 15 is 0 Å². The van der Waals surface area contributed by atoms with Gasteiger partial charge in [0, 0.05) is 48.8 Å². The maximum absolute atomic E-state index is 5.45. The molecule has 0 amide bonds. The Bertz CT molecular complexity index is 586. The molecule has 1 aliphatic heterocycles. The van der Waals surface area contributed by atoms with E-state index in [0.717, 1.165) is 54.6 Å². The van der Waals surface area contributed by atoms with Crippen molar-refractivity contribution in [2.45, 2.75) is 25.9 Å². The molecule has 0 aromatic heterocycles. The van der Waals surface area contributed by atoms with E-state index in [1.807, 2.05) is 12.1 Å². The first-order valence-corrected chi connectivity index (χ1v) is 9.35. The van der Waals surface area contributed by atoms with Gasteiger partial charge in [-0.05, 0) is 32.0 Å². The number of aliphatic imine (C=N–C) groups is 1. The van der Waals surface area contributed by atoms with E-state index in [9.17, 15) is 0 Å². The first-order valence-electron chi connectivity index (χ1n) is 8.56.